The molecule has 122 valence electrons. The van der Waals surface area contributed by atoms with Crippen molar-refractivity contribution in [2.75, 3.05) is 20.2 Å². The fourth-order valence-electron chi connectivity index (χ4n) is 3.10. The first-order chi connectivity index (χ1) is 11.2. The standard InChI is InChI=1S/C18H22N2O2S/c1-13-19-17(12-23-13)18(21)20-10-4-3-5-15(11-20)14-6-8-16(22-2)9-7-14/h6-9,12,15H,3-5,10-11H2,1-2H3. The number of amides is 1. The summed E-state index contributed by atoms with van der Waals surface area (Å²) in [4.78, 5) is 19.0. The van der Waals surface area contributed by atoms with Crippen LogP contribution in [0, 0.1) is 6.92 Å². The highest BCUT2D eigenvalue weighted by molar-refractivity contribution is 7.09. The second kappa shape index (κ2) is 7.13. The zero-order valence-corrected chi connectivity index (χ0v) is 14.4. The number of thiazole rings is 1. The average Bonchev–Trinajstić information content (AvgIpc) is 2.87. The molecule has 1 unspecified atom stereocenters. The van der Waals surface area contributed by atoms with Crippen molar-refractivity contribution < 1.29 is 9.53 Å². The van der Waals surface area contributed by atoms with Gasteiger partial charge in [-0.15, -0.1) is 11.3 Å². The molecule has 0 spiro atoms. The molecule has 1 aromatic carbocycles. The highest BCUT2D eigenvalue weighted by atomic mass is 32.1. The van der Waals surface area contributed by atoms with E-state index < -0.39 is 0 Å². The molecule has 0 N–H and O–H groups in total. The number of hydrogen-bond acceptors (Lipinski definition) is 4. The van der Waals surface area contributed by atoms with Crippen LogP contribution in [0.5, 0.6) is 5.75 Å². The summed E-state index contributed by atoms with van der Waals surface area (Å²) in [5.74, 6) is 1.31. The predicted molar refractivity (Wildman–Crippen MR) is 92.3 cm³/mol. The largest absolute Gasteiger partial charge is 0.497 e. The minimum Gasteiger partial charge on any atom is -0.497 e. The topological polar surface area (TPSA) is 42.4 Å². The molecule has 1 aliphatic heterocycles. The van der Waals surface area contributed by atoms with E-state index in [0.29, 0.717) is 11.6 Å². The smallest absolute Gasteiger partial charge is 0.273 e. The van der Waals surface area contributed by atoms with Crippen molar-refractivity contribution in [3.63, 3.8) is 0 Å². The van der Waals surface area contributed by atoms with Crippen molar-refractivity contribution in [3.8, 4) is 5.75 Å². The predicted octanol–water partition coefficient (Wildman–Crippen LogP) is 3.87. The van der Waals surface area contributed by atoms with Gasteiger partial charge in [-0.25, -0.2) is 4.98 Å². The third-order valence-corrected chi connectivity index (χ3v) is 5.16. The molecule has 1 fully saturated rings. The number of nitrogens with zero attached hydrogens (tertiary/aromatic N) is 2. The van der Waals surface area contributed by atoms with Gasteiger partial charge in [-0.05, 0) is 37.5 Å². The highest BCUT2D eigenvalue weighted by Crippen LogP contribution is 2.28. The zero-order valence-electron chi connectivity index (χ0n) is 13.6. The Hall–Kier alpha value is -1.88. The van der Waals surface area contributed by atoms with Gasteiger partial charge in [0.25, 0.3) is 5.91 Å². The maximum Gasteiger partial charge on any atom is 0.273 e. The van der Waals surface area contributed by atoms with Crippen LogP contribution < -0.4 is 4.74 Å². The van der Waals surface area contributed by atoms with Gasteiger partial charge in [0, 0.05) is 24.4 Å². The number of aryl methyl sites for hydroxylation is 1. The first kappa shape index (κ1) is 16.0. The summed E-state index contributed by atoms with van der Waals surface area (Å²) in [6.07, 6.45) is 3.32. The Labute approximate surface area is 141 Å². The fraction of sp³-hybridized carbons (Fsp3) is 0.444. The molecule has 1 aromatic heterocycles. The molecule has 1 aliphatic rings. The van der Waals surface area contributed by atoms with Gasteiger partial charge in [0.1, 0.15) is 11.4 Å². The minimum absolute atomic E-state index is 0.0646. The molecule has 5 heteroatoms. The van der Waals surface area contributed by atoms with Gasteiger partial charge in [-0.2, -0.15) is 0 Å². The number of ether oxygens (including phenoxy) is 1. The molecule has 0 saturated carbocycles. The van der Waals surface area contributed by atoms with E-state index in [0.717, 1.165) is 43.1 Å². The van der Waals surface area contributed by atoms with Crippen molar-refractivity contribution >= 4 is 17.2 Å². The van der Waals surface area contributed by atoms with E-state index in [-0.39, 0.29) is 5.91 Å². The number of benzene rings is 1. The Balaban J connectivity index is 1.76. The molecule has 1 saturated heterocycles. The molecule has 1 atom stereocenters. The first-order valence-electron chi connectivity index (χ1n) is 8.02. The number of likely N-dealkylation sites (tertiary alicyclic amines) is 1. The van der Waals surface area contributed by atoms with Crippen LogP contribution in [-0.4, -0.2) is 36.0 Å². The summed E-state index contributed by atoms with van der Waals surface area (Å²) in [7, 11) is 1.68. The highest BCUT2D eigenvalue weighted by Gasteiger charge is 2.25. The Bertz CT molecular complexity index is 666. The molecule has 23 heavy (non-hydrogen) atoms. The van der Waals surface area contributed by atoms with Gasteiger partial charge in [0.05, 0.1) is 12.1 Å². The van der Waals surface area contributed by atoms with Crippen molar-refractivity contribution in [1.29, 1.82) is 0 Å². The lowest BCUT2D eigenvalue weighted by molar-refractivity contribution is 0.0749. The lowest BCUT2D eigenvalue weighted by Gasteiger charge is -2.24. The number of carbonyl (C=O) groups excluding carboxylic acids is 1. The number of carbonyl (C=O) groups is 1. The van der Waals surface area contributed by atoms with Crippen LogP contribution >= 0.6 is 11.3 Å². The molecular formula is C18H22N2O2S. The van der Waals surface area contributed by atoms with Crippen LogP contribution in [0.15, 0.2) is 29.6 Å². The van der Waals surface area contributed by atoms with E-state index in [1.54, 1.807) is 7.11 Å². The average molecular weight is 330 g/mol. The number of rotatable bonds is 3. The maximum atomic E-state index is 12.7. The van der Waals surface area contributed by atoms with E-state index in [4.69, 9.17) is 4.74 Å². The second-order valence-corrected chi connectivity index (χ2v) is 7.03. The number of aromatic nitrogens is 1. The van der Waals surface area contributed by atoms with Crippen LogP contribution in [-0.2, 0) is 0 Å². The van der Waals surface area contributed by atoms with Gasteiger partial charge >= 0.3 is 0 Å². The fourth-order valence-corrected chi connectivity index (χ4v) is 3.69. The minimum atomic E-state index is 0.0646. The molecule has 2 aromatic rings. The van der Waals surface area contributed by atoms with Gasteiger partial charge < -0.3 is 9.64 Å². The van der Waals surface area contributed by atoms with E-state index in [2.05, 4.69) is 17.1 Å². The van der Waals surface area contributed by atoms with Crippen molar-refractivity contribution in [1.82, 2.24) is 9.88 Å². The van der Waals surface area contributed by atoms with E-state index in [9.17, 15) is 4.79 Å². The molecule has 0 bridgehead atoms. The van der Waals surface area contributed by atoms with Crippen LogP contribution in [0.25, 0.3) is 0 Å². The summed E-state index contributed by atoms with van der Waals surface area (Å²) in [6, 6.07) is 8.22. The van der Waals surface area contributed by atoms with Crippen LogP contribution in [0.2, 0.25) is 0 Å². The Morgan fingerprint density at radius 2 is 2.09 bits per heavy atom. The van der Waals surface area contributed by atoms with E-state index in [1.165, 1.54) is 16.9 Å². The van der Waals surface area contributed by atoms with Crippen molar-refractivity contribution in [2.24, 2.45) is 0 Å². The normalized spacial score (nSPS) is 18.5. The van der Waals surface area contributed by atoms with Gasteiger partial charge in [0.2, 0.25) is 0 Å². The molecule has 3 rings (SSSR count). The Kier molecular flexibility index (Phi) is 4.96. The van der Waals surface area contributed by atoms with Crippen LogP contribution in [0.1, 0.15) is 46.2 Å². The van der Waals surface area contributed by atoms with Gasteiger partial charge in [-0.3, -0.25) is 4.79 Å². The third-order valence-electron chi connectivity index (χ3n) is 4.38. The molecule has 0 aliphatic carbocycles. The summed E-state index contributed by atoms with van der Waals surface area (Å²) < 4.78 is 5.23. The summed E-state index contributed by atoms with van der Waals surface area (Å²) >= 11 is 1.53. The van der Waals surface area contributed by atoms with E-state index >= 15 is 0 Å². The number of methoxy groups -OCH3 is 1. The summed E-state index contributed by atoms with van der Waals surface area (Å²) in [5.41, 5.74) is 1.86. The third kappa shape index (κ3) is 3.72. The zero-order chi connectivity index (χ0) is 16.2. The molecule has 1 amide bonds. The number of hydrogen-bond donors (Lipinski definition) is 0. The molecular weight excluding hydrogens is 308 g/mol. The SMILES string of the molecule is COc1ccc(C2CCCCN(C(=O)c3csc(C)n3)C2)cc1. The Morgan fingerprint density at radius 1 is 1.30 bits per heavy atom. The van der Waals surface area contributed by atoms with Crippen molar-refractivity contribution in [3.05, 3.63) is 45.9 Å². The Morgan fingerprint density at radius 3 is 2.74 bits per heavy atom. The second-order valence-electron chi connectivity index (χ2n) is 5.97. The quantitative estimate of drug-likeness (QED) is 0.858. The van der Waals surface area contributed by atoms with Crippen LogP contribution in [0.4, 0.5) is 0 Å². The maximum absolute atomic E-state index is 12.7. The molecule has 2 heterocycles. The van der Waals surface area contributed by atoms with Crippen molar-refractivity contribution in [2.45, 2.75) is 32.1 Å². The summed E-state index contributed by atoms with van der Waals surface area (Å²) in [5, 5.41) is 2.81. The lowest BCUT2D eigenvalue weighted by Crippen LogP contribution is -2.34. The molecule has 0 radical (unpaired) electrons. The molecule has 4 nitrogen and oxygen atoms in total. The van der Waals surface area contributed by atoms with Gasteiger partial charge in [0.15, 0.2) is 0 Å². The van der Waals surface area contributed by atoms with Gasteiger partial charge in [-0.1, -0.05) is 18.6 Å². The summed E-state index contributed by atoms with van der Waals surface area (Å²) in [6.45, 7) is 3.52. The van der Waals surface area contributed by atoms with E-state index in [1.807, 2.05) is 29.3 Å². The lowest BCUT2D eigenvalue weighted by atomic mass is 9.94. The van der Waals surface area contributed by atoms with Crippen LogP contribution in [0.3, 0.4) is 0 Å². The first-order valence-corrected chi connectivity index (χ1v) is 8.90. The monoisotopic (exact) mass is 330 g/mol.